The first kappa shape index (κ1) is 13.2. The molecule has 5 nitrogen and oxygen atoms in total. The molecule has 2 heterocycles. The zero-order valence-corrected chi connectivity index (χ0v) is 11.4. The fourth-order valence-corrected chi connectivity index (χ4v) is 2.68. The van der Waals surface area contributed by atoms with Crippen molar-refractivity contribution in [2.45, 2.75) is 64.1 Å². The Morgan fingerprint density at radius 3 is 2.67 bits per heavy atom. The lowest BCUT2D eigenvalue weighted by Crippen LogP contribution is -2.48. The highest BCUT2D eigenvalue weighted by Gasteiger charge is 2.39. The summed E-state index contributed by atoms with van der Waals surface area (Å²) in [5.41, 5.74) is -0.469. The maximum absolute atomic E-state index is 12.1. The molecule has 2 unspecified atom stereocenters. The first-order chi connectivity index (χ1) is 8.37. The average molecular weight is 254 g/mol. The van der Waals surface area contributed by atoms with E-state index in [0.29, 0.717) is 6.42 Å². The van der Waals surface area contributed by atoms with Crippen LogP contribution in [0, 0.1) is 0 Å². The van der Waals surface area contributed by atoms with Crippen LogP contribution in [-0.4, -0.2) is 41.1 Å². The van der Waals surface area contributed by atoms with Crippen LogP contribution in [-0.2, 0) is 9.53 Å². The molecule has 2 aliphatic heterocycles. The summed E-state index contributed by atoms with van der Waals surface area (Å²) in [6.45, 7) is 6.33. The molecule has 2 aliphatic rings. The summed E-state index contributed by atoms with van der Waals surface area (Å²) in [6, 6.07) is 0.207. The Morgan fingerprint density at radius 2 is 2.11 bits per heavy atom. The smallest absolute Gasteiger partial charge is 0.410 e. The molecule has 2 fully saturated rings. The molecule has 0 aromatic rings. The van der Waals surface area contributed by atoms with Crippen molar-refractivity contribution in [2.75, 3.05) is 6.54 Å². The second kappa shape index (κ2) is 4.78. The number of ether oxygens (including phenoxy) is 1. The minimum Gasteiger partial charge on any atom is -0.444 e. The van der Waals surface area contributed by atoms with Crippen LogP contribution in [0.3, 0.4) is 0 Å². The Labute approximate surface area is 108 Å². The van der Waals surface area contributed by atoms with E-state index >= 15 is 0 Å². The Morgan fingerprint density at radius 1 is 1.39 bits per heavy atom. The summed E-state index contributed by atoms with van der Waals surface area (Å²) in [7, 11) is 0. The lowest BCUT2D eigenvalue weighted by Gasteiger charge is -2.31. The summed E-state index contributed by atoms with van der Waals surface area (Å²) in [6.07, 6.45) is 3.07. The molecule has 0 aliphatic carbocycles. The SMILES string of the molecule is CC(C)(C)OC(=O)N1CCCC1C1CCC(=O)N1. The van der Waals surface area contributed by atoms with Gasteiger partial charge in [-0.25, -0.2) is 4.79 Å². The van der Waals surface area contributed by atoms with Crippen molar-refractivity contribution in [1.82, 2.24) is 10.2 Å². The van der Waals surface area contributed by atoms with Crippen molar-refractivity contribution in [3.05, 3.63) is 0 Å². The molecule has 0 radical (unpaired) electrons. The number of nitrogens with zero attached hydrogens (tertiary/aromatic N) is 1. The monoisotopic (exact) mass is 254 g/mol. The normalized spacial score (nSPS) is 28.4. The summed E-state index contributed by atoms with van der Waals surface area (Å²) in [4.78, 5) is 25.1. The molecule has 0 bridgehead atoms. The van der Waals surface area contributed by atoms with Gasteiger partial charge in [-0.1, -0.05) is 0 Å². The lowest BCUT2D eigenvalue weighted by atomic mass is 10.0. The Bertz CT molecular complexity index is 349. The van der Waals surface area contributed by atoms with Crippen LogP contribution in [0.1, 0.15) is 46.5 Å². The van der Waals surface area contributed by atoms with Crippen LogP contribution in [0.2, 0.25) is 0 Å². The molecule has 2 atom stereocenters. The van der Waals surface area contributed by atoms with Crippen molar-refractivity contribution >= 4 is 12.0 Å². The highest BCUT2D eigenvalue weighted by atomic mass is 16.6. The number of amides is 2. The van der Waals surface area contributed by atoms with Gasteiger partial charge >= 0.3 is 6.09 Å². The first-order valence-corrected chi connectivity index (χ1v) is 6.66. The predicted molar refractivity (Wildman–Crippen MR) is 67.1 cm³/mol. The highest BCUT2D eigenvalue weighted by molar-refractivity contribution is 5.79. The van der Waals surface area contributed by atoms with Gasteiger partial charge in [-0.05, 0) is 40.0 Å². The molecule has 18 heavy (non-hydrogen) atoms. The van der Waals surface area contributed by atoms with E-state index in [-0.39, 0.29) is 24.1 Å². The molecular weight excluding hydrogens is 232 g/mol. The van der Waals surface area contributed by atoms with Gasteiger partial charge in [-0.15, -0.1) is 0 Å². The van der Waals surface area contributed by atoms with E-state index in [1.165, 1.54) is 0 Å². The third kappa shape index (κ3) is 2.94. The quantitative estimate of drug-likeness (QED) is 0.774. The molecule has 0 spiro atoms. The molecule has 0 aromatic carbocycles. The van der Waals surface area contributed by atoms with E-state index in [1.54, 1.807) is 4.90 Å². The maximum Gasteiger partial charge on any atom is 0.410 e. The largest absolute Gasteiger partial charge is 0.444 e. The van der Waals surface area contributed by atoms with E-state index in [4.69, 9.17) is 4.74 Å². The zero-order chi connectivity index (χ0) is 13.3. The van der Waals surface area contributed by atoms with Gasteiger partial charge in [-0.3, -0.25) is 4.79 Å². The van der Waals surface area contributed by atoms with Crippen LogP contribution >= 0.6 is 0 Å². The van der Waals surface area contributed by atoms with Crippen molar-refractivity contribution in [3.63, 3.8) is 0 Å². The molecule has 2 amide bonds. The van der Waals surface area contributed by atoms with Crippen molar-refractivity contribution in [2.24, 2.45) is 0 Å². The number of likely N-dealkylation sites (tertiary alicyclic amines) is 1. The molecule has 1 N–H and O–H groups in total. The van der Waals surface area contributed by atoms with Crippen LogP contribution < -0.4 is 5.32 Å². The topological polar surface area (TPSA) is 58.6 Å². The summed E-state index contributed by atoms with van der Waals surface area (Å²) in [5, 5.41) is 2.96. The van der Waals surface area contributed by atoms with Crippen LogP contribution in [0.5, 0.6) is 0 Å². The van der Waals surface area contributed by atoms with Gasteiger partial charge in [0.1, 0.15) is 5.60 Å². The molecule has 0 aromatic heterocycles. The van der Waals surface area contributed by atoms with E-state index in [2.05, 4.69) is 5.32 Å². The van der Waals surface area contributed by atoms with Gasteiger partial charge in [-0.2, -0.15) is 0 Å². The first-order valence-electron chi connectivity index (χ1n) is 6.66. The minimum atomic E-state index is -0.469. The van der Waals surface area contributed by atoms with Gasteiger partial charge in [0, 0.05) is 19.0 Å². The maximum atomic E-state index is 12.1. The average Bonchev–Trinajstić information content (AvgIpc) is 2.81. The standard InChI is InChI=1S/C13H22N2O3/c1-13(2,3)18-12(17)15-8-4-5-10(15)9-6-7-11(16)14-9/h9-10H,4-8H2,1-3H3,(H,14,16). The zero-order valence-electron chi connectivity index (χ0n) is 11.4. The Balaban J connectivity index is 1.99. The molecular formula is C13H22N2O3. The van der Waals surface area contributed by atoms with Gasteiger partial charge in [0.2, 0.25) is 5.91 Å². The van der Waals surface area contributed by atoms with Crippen molar-refractivity contribution in [1.29, 1.82) is 0 Å². The fraction of sp³-hybridized carbons (Fsp3) is 0.846. The van der Waals surface area contributed by atoms with Crippen LogP contribution in [0.4, 0.5) is 4.79 Å². The fourth-order valence-electron chi connectivity index (χ4n) is 2.68. The van der Waals surface area contributed by atoms with Gasteiger partial charge in [0.05, 0.1) is 6.04 Å². The summed E-state index contributed by atoms with van der Waals surface area (Å²) in [5.74, 6) is 0.0936. The number of carbonyl (C=O) groups excluding carboxylic acids is 2. The minimum absolute atomic E-state index is 0.0936. The molecule has 0 saturated carbocycles. The molecule has 2 rings (SSSR count). The van der Waals surface area contributed by atoms with E-state index in [9.17, 15) is 9.59 Å². The number of carbonyl (C=O) groups is 2. The lowest BCUT2D eigenvalue weighted by molar-refractivity contribution is -0.119. The van der Waals surface area contributed by atoms with Crippen molar-refractivity contribution in [3.8, 4) is 0 Å². The number of rotatable bonds is 1. The Hall–Kier alpha value is -1.26. The van der Waals surface area contributed by atoms with Crippen molar-refractivity contribution < 1.29 is 14.3 Å². The third-order valence-corrected chi connectivity index (χ3v) is 3.42. The van der Waals surface area contributed by atoms with E-state index < -0.39 is 5.60 Å². The van der Waals surface area contributed by atoms with Gasteiger partial charge < -0.3 is 15.0 Å². The second-order valence-electron chi connectivity index (χ2n) is 6.10. The molecule has 102 valence electrons. The number of nitrogens with one attached hydrogen (secondary N) is 1. The predicted octanol–water partition coefficient (Wildman–Crippen LogP) is 1.66. The van der Waals surface area contributed by atoms with Gasteiger partial charge in [0.25, 0.3) is 0 Å². The summed E-state index contributed by atoms with van der Waals surface area (Å²) < 4.78 is 5.41. The van der Waals surface area contributed by atoms with Crippen LogP contribution in [0.25, 0.3) is 0 Å². The highest BCUT2D eigenvalue weighted by Crippen LogP contribution is 2.26. The molecule has 2 saturated heterocycles. The Kier molecular flexibility index (Phi) is 3.50. The van der Waals surface area contributed by atoms with Crippen LogP contribution in [0.15, 0.2) is 0 Å². The van der Waals surface area contributed by atoms with Gasteiger partial charge in [0.15, 0.2) is 0 Å². The van der Waals surface area contributed by atoms with E-state index in [1.807, 2.05) is 20.8 Å². The number of hydrogen-bond acceptors (Lipinski definition) is 3. The number of hydrogen-bond donors (Lipinski definition) is 1. The van der Waals surface area contributed by atoms with E-state index in [0.717, 1.165) is 25.8 Å². The second-order valence-corrected chi connectivity index (χ2v) is 6.10. The third-order valence-electron chi connectivity index (χ3n) is 3.42. The molecule has 5 heteroatoms. The summed E-state index contributed by atoms with van der Waals surface area (Å²) >= 11 is 0.